The minimum atomic E-state index is -0.288. The van der Waals surface area contributed by atoms with Gasteiger partial charge in [0.25, 0.3) is 11.5 Å². The molecule has 0 bridgehead atoms. The van der Waals surface area contributed by atoms with Gasteiger partial charge in [-0.1, -0.05) is 23.7 Å². The van der Waals surface area contributed by atoms with Gasteiger partial charge in [-0.15, -0.1) is 11.3 Å². The Kier molecular flexibility index (Phi) is 4.45. The first kappa shape index (κ1) is 17.7. The number of amides is 1. The van der Waals surface area contributed by atoms with Crippen molar-refractivity contribution in [1.82, 2.24) is 14.7 Å². The summed E-state index contributed by atoms with van der Waals surface area (Å²) in [6.07, 6.45) is 1.64. The lowest BCUT2D eigenvalue weighted by molar-refractivity contribution is 0.0952. The van der Waals surface area contributed by atoms with E-state index < -0.39 is 0 Å². The number of carbonyl (C=O) groups excluding carboxylic acids is 1. The minimum absolute atomic E-state index is 0.152. The van der Waals surface area contributed by atoms with E-state index in [1.807, 2.05) is 26.0 Å². The smallest absolute Gasteiger partial charge is 0.266 e. The number of rotatable bonds is 3. The molecule has 0 aliphatic heterocycles. The molecule has 7 heteroatoms. The fourth-order valence-electron chi connectivity index (χ4n) is 3.04. The number of hydrogen-bond donors (Lipinski definition) is 1. The van der Waals surface area contributed by atoms with Crippen LogP contribution < -0.4 is 10.9 Å². The SMILES string of the molecule is Cc1sc2nc3c(C(=O)NCc4cccc(Cl)c4)cccn3c(=O)c2c1C. The topological polar surface area (TPSA) is 63.5 Å². The quantitative estimate of drug-likeness (QED) is 0.565. The Morgan fingerprint density at radius 3 is 2.85 bits per heavy atom. The number of halogens is 1. The van der Waals surface area contributed by atoms with Crippen molar-refractivity contribution >= 4 is 44.7 Å². The molecule has 0 radical (unpaired) electrons. The number of aromatic nitrogens is 2. The van der Waals surface area contributed by atoms with Gasteiger partial charge < -0.3 is 5.32 Å². The standard InChI is InChI=1S/C20H16ClN3O2S/c1-11-12(2)27-19-16(11)20(26)24-8-4-7-15(17(24)23-19)18(25)22-10-13-5-3-6-14(21)9-13/h3-9H,10H2,1-2H3,(H,22,25). The van der Waals surface area contributed by atoms with Gasteiger partial charge in [-0.05, 0) is 49.2 Å². The molecule has 0 unspecified atom stereocenters. The van der Waals surface area contributed by atoms with E-state index >= 15 is 0 Å². The zero-order chi connectivity index (χ0) is 19.1. The third-order valence-corrected chi connectivity index (χ3v) is 5.90. The highest BCUT2D eigenvalue weighted by atomic mass is 35.5. The van der Waals surface area contributed by atoms with Crippen molar-refractivity contribution < 1.29 is 4.79 Å². The van der Waals surface area contributed by atoms with Gasteiger partial charge in [-0.2, -0.15) is 0 Å². The van der Waals surface area contributed by atoms with Crippen LogP contribution in [0.25, 0.3) is 15.9 Å². The van der Waals surface area contributed by atoms with E-state index in [2.05, 4.69) is 10.3 Å². The van der Waals surface area contributed by atoms with Crippen molar-refractivity contribution in [2.75, 3.05) is 0 Å². The van der Waals surface area contributed by atoms with Crippen LogP contribution in [-0.4, -0.2) is 15.3 Å². The molecule has 4 aromatic rings. The maximum Gasteiger partial charge on any atom is 0.266 e. The molecule has 0 saturated heterocycles. The van der Waals surface area contributed by atoms with Crippen LogP contribution in [0.15, 0.2) is 47.4 Å². The molecule has 5 nitrogen and oxygen atoms in total. The number of nitrogens with one attached hydrogen (secondary N) is 1. The van der Waals surface area contributed by atoms with Gasteiger partial charge >= 0.3 is 0 Å². The normalized spacial score (nSPS) is 11.2. The van der Waals surface area contributed by atoms with E-state index in [1.165, 1.54) is 15.7 Å². The summed E-state index contributed by atoms with van der Waals surface area (Å²) in [4.78, 5) is 32.0. The largest absolute Gasteiger partial charge is 0.348 e. The maximum absolute atomic E-state index is 12.9. The molecule has 0 aliphatic carbocycles. The monoisotopic (exact) mass is 397 g/mol. The Morgan fingerprint density at radius 2 is 2.07 bits per heavy atom. The van der Waals surface area contributed by atoms with Gasteiger partial charge in [0.15, 0.2) is 5.65 Å². The van der Waals surface area contributed by atoms with Gasteiger partial charge in [-0.25, -0.2) is 4.98 Å². The molecule has 0 spiro atoms. The molecular formula is C20H16ClN3O2S. The van der Waals surface area contributed by atoms with Crippen LogP contribution in [0.1, 0.15) is 26.4 Å². The summed E-state index contributed by atoms with van der Waals surface area (Å²) < 4.78 is 1.44. The molecular weight excluding hydrogens is 382 g/mol. The maximum atomic E-state index is 12.9. The van der Waals surface area contributed by atoms with E-state index in [9.17, 15) is 9.59 Å². The lowest BCUT2D eigenvalue weighted by atomic mass is 10.2. The first-order chi connectivity index (χ1) is 13.0. The number of pyridine rings is 1. The van der Waals surface area contributed by atoms with Crippen LogP contribution >= 0.6 is 22.9 Å². The van der Waals surface area contributed by atoms with Crippen molar-refractivity contribution in [3.63, 3.8) is 0 Å². The minimum Gasteiger partial charge on any atom is -0.348 e. The molecule has 27 heavy (non-hydrogen) atoms. The first-order valence-corrected chi connectivity index (χ1v) is 9.59. The highest BCUT2D eigenvalue weighted by Crippen LogP contribution is 2.27. The summed E-state index contributed by atoms with van der Waals surface area (Å²) in [5.74, 6) is -0.288. The zero-order valence-electron chi connectivity index (χ0n) is 14.7. The van der Waals surface area contributed by atoms with Crippen LogP contribution in [0.5, 0.6) is 0 Å². The summed E-state index contributed by atoms with van der Waals surface area (Å²) in [6, 6.07) is 10.7. The average molecular weight is 398 g/mol. The van der Waals surface area contributed by atoms with Crippen LogP contribution in [0.3, 0.4) is 0 Å². The van der Waals surface area contributed by atoms with Crippen LogP contribution in [0.4, 0.5) is 0 Å². The number of aryl methyl sites for hydroxylation is 2. The molecule has 1 amide bonds. The van der Waals surface area contributed by atoms with E-state index in [0.29, 0.717) is 33.0 Å². The molecule has 1 N–H and O–H groups in total. The Morgan fingerprint density at radius 1 is 1.26 bits per heavy atom. The Labute approximate surface area is 164 Å². The second-order valence-corrected chi connectivity index (χ2v) is 7.95. The average Bonchev–Trinajstić information content (AvgIpc) is 2.94. The molecule has 0 saturated carbocycles. The number of nitrogens with zero attached hydrogens (tertiary/aromatic N) is 2. The lowest BCUT2D eigenvalue weighted by Crippen LogP contribution is -2.25. The summed E-state index contributed by atoms with van der Waals surface area (Å²) in [7, 11) is 0. The van der Waals surface area contributed by atoms with Gasteiger partial charge in [0, 0.05) is 22.6 Å². The van der Waals surface area contributed by atoms with Crippen molar-refractivity contribution in [2.24, 2.45) is 0 Å². The number of fused-ring (bicyclic) bond motifs is 2. The fraction of sp³-hybridized carbons (Fsp3) is 0.150. The molecule has 3 heterocycles. The fourth-order valence-corrected chi connectivity index (χ4v) is 4.27. The Bertz CT molecular complexity index is 1260. The van der Waals surface area contributed by atoms with Crippen molar-refractivity contribution in [2.45, 2.75) is 20.4 Å². The number of hydrogen-bond acceptors (Lipinski definition) is 4. The Balaban J connectivity index is 1.76. The van der Waals surface area contributed by atoms with Crippen LogP contribution in [0.2, 0.25) is 5.02 Å². The molecule has 0 fully saturated rings. The summed E-state index contributed by atoms with van der Waals surface area (Å²) >= 11 is 7.45. The molecule has 136 valence electrons. The summed E-state index contributed by atoms with van der Waals surface area (Å²) in [5, 5.41) is 4.10. The molecule has 1 aromatic carbocycles. The number of carbonyl (C=O) groups is 1. The van der Waals surface area contributed by atoms with Gasteiger partial charge in [0.05, 0.1) is 10.9 Å². The third-order valence-electron chi connectivity index (χ3n) is 4.56. The van der Waals surface area contributed by atoms with Gasteiger partial charge in [0.1, 0.15) is 4.83 Å². The predicted molar refractivity (Wildman–Crippen MR) is 109 cm³/mol. The van der Waals surface area contributed by atoms with E-state index in [-0.39, 0.29) is 11.5 Å². The molecule has 4 rings (SSSR count). The number of benzene rings is 1. The first-order valence-electron chi connectivity index (χ1n) is 8.39. The van der Waals surface area contributed by atoms with Crippen molar-refractivity contribution in [3.05, 3.63) is 79.5 Å². The zero-order valence-corrected chi connectivity index (χ0v) is 16.3. The molecule has 0 aliphatic rings. The second-order valence-electron chi connectivity index (χ2n) is 6.31. The second kappa shape index (κ2) is 6.79. The van der Waals surface area contributed by atoms with Crippen LogP contribution in [-0.2, 0) is 6.54 Å². The van der Waals surface area contributed by atoms with Crippen molar-refractivity contribution in [1.29, 1.82) is 0 Å². The molecule has 0 atom stereocenters. The van der Waals surface area contributed by atoms with Crippen molar-refractivity contribution in [3.8, 4) is 0 Å². The molecule has 3 aromatic heterocycles. The van der Waals surface area contributed by atoms with Crippen LogP contribution in [0, 0.1) is 13.8 Å². The predicted octanol–water partition coefficient (Wildman–Crippen LogP) is 4.11. The highest BCUT2D eigenvalue weighted by molar-refractivity contribution is 7.18. The lowest BCUT2D eigenvalue weighted by Gasteiger charge is -2.09. The van der Waals surface area contributed by atoms with Gasteiger partial charge in [-0.3, -0.25) is 14.0 Å². The van der Waals surface area contributed by atoms with E-state index in [0.717, 1.165) is 16.0 Å². The summed E-state index contributed by atoms with van der Waals surface area (Å²) in [6.45, 7) is 4.23. The van der Waals surface area contributed by atoms with E-state index in [4.69, 9.17) is 11.6 Å². The third kappa shape index (κ3) is 3.11. The Hall–Kier alpha value is -2.70. The summed E-state index contributed by atoms with van der Waals surface area (Å²) in [5.41, 5.74) is 2.41. The van der Waals surface area contributed by atoms with E-state index in [1.54, 1.807) is 30.5 Å². The highest BCUT2D eigenvalue weighted by Gasteiger charge is 2.17. The number of thiophene rings is 1. The van der Waals surface area contributed by atoms with Gasteiger partial charge in [0.2, 0.25) is 0 Å².